The largest absolute Gasteiger partial charge is 0.378 e. The Balaban J connectivity index is 1.97. The molecule has 1 heterocycles. The number of nitrogens with one attached hydrogen (secondary N) is 1. The van der Waals surface area contributed by atoms with Gasteiger partial charge in [-0.1, -0.05) is 6.92 Å². The molecule has 1 unspecified atom stereocenters. The number of hydrogen-bond acceptors (Lipinski definition) is 3. The zero-order chi connectivity index (χ0) is 13.0. The number of hydrogen-bond donors (Lipinski definition) is 1. The van der Waals surface area contributed by atoms with Gasteiger partial charge in [0.25, 0.3) is 0 Å². The van der Waals surface area contributed by atoms with Crippen LogP contribution < -0.4 is 5.32 Å². The van der Waals surface area contributed by atoms with Crippen LogP contribution in [0.25, 0.3) is 0 Å². The number of ether oxygens (including phenoxy) is 1. The van der Waals surface area contributed by atoms with E-state index in [9.17, 15) is 0 Å². The lowest BCUT2D eigenvalue weighted by Crippen LogP contribution is -2.46. The SMILES string of the molecule is CCNC(Cc1nccn1C)CC1(OC)CCC1. The molecule has 0 spiro atoms. The minimum Gasteiger partial charge on any atom is -0.378 e. The first-order valence-corrected chi connectivity index (χ1v) is 6.94. The summed E-state index contributed by atoms with van der Waals surface area (Å²) in [6.07, 6.45) is 9.64. The lowest BCUT2D eigenvalue weighted by atomic mass is 9.75. The summed E-state index contributed by atoms with van der Waals surface area (Å²) in [6.45, 7) is 3.15. The molecule has 1 N–H and O–H groups in total. The number of aromatic nitrogens is 2. The van der Waals surface area contributed by atoms with Crippen molar-refractivity contribution in [2.75, 3.05) is 13.7 Å². The molecule has 1 atom stereocenters. The van der Waals surface area contributed by atoms with Gasteiger partial charge in [0.1, 0.15) is 5.82 Å². The van der Waals surface area contributed by atoms with Crippen LogP contribution in [0, 0.1) is 0 Å². The molecular weight excluding hydrogens is 226 g/mol. The van der Waals surface area contributed by atoms with Crippen LogP contribution in [0.1, 0.15) is 38.4 Å². The summed E-state index contributed by atoms with van der Waals surface area (Å²) in [5.74, 6) is 1.14. The maximum absolute atomic E-state index is 5.73. The topological polar surface area (TPSA) is 39.1 Å². The summed E-state index contributed by atoms with van der Waals surface area (Å²) in [5.41, 5.74) is 0.123. The zero-order valence-corrected chi connectivity index (χ0v) is 11.8. The number of rotatable bonds is 7. The maximum Gasteiger partial charge on any atom is 0.109 e. The molecule has 0 radical (unpaired) electrons. The lowest BCUT2D eigenvalue weighted by Gasteiger charge is -2.43. The number of aryl methyl sites for hydroxylation is 1. The highest BCUT2D eigenvalue weighted by Crippen LogP contribution is 2.39. The molecule has 1 aliphatic carbocycles. The number of imidazole rings is 1. The van der Waals surface area contributed by atoms with Gasteiger partial charge in [0.05, 0.1) is 5.60 Å². The van der Waals surface area contributed by atoms with Crippen LogP contribution in [0.15, 0.2) is 12.4 Å². The normalized spacial score (nSPS) is 19.5. The second-order valence-electron chi connectivity index (χ2n) is 5.36. The number of likely N-dealkylation sites (N-methyl/N-ethyl adjacent to an activating group) is 1. The van der Waals surface area contributed by atoms with Crippen molar-refractivity contribution in [3.8, 4) is 0 Å². The first-order valence-electron chi connectivity index (χ1n) is 6.94. The van der Waals surface area contributed by atoms with Crippen molar-refractivity contribution in [3.05, 3.63) is 18.2 Å². The van der Waals surface area contributed by atoms with Crippen LogP contribution in [0.3, 0.4) is 0 Å². The van der Waals surface area contributed by atoms with Crippen molar-refractivity contribution in [1.29, 1.82) is 0 Å². The highest BCUT2D eigenvalue weighted by molar-refractivity contribution is 4.99. The molecule has 0 saturated heterocycles. The van der Waals surface area contributed by atoms with Crippen molar-refractivity contribution in [1.82, 2.24) is 14.9 Å². The summed E-state index contributed by atoms with van der Waals surface area (Å²) in [6, 6.07) is 0.455. The van der Waals surface area contributed by atoms with E-state index >= 15 is 0 Å². The zero-order valence-electron chi connectivity index (χ0n) is 11.8. The van der Waals surface area contributed by atoms with Crippen LogP contribution in [0.2, 0.25) is 0 Å². The Morgan fingerprint density at radius 2 is 2.33 bits per heavy atom. The van der Waals surface area contributed by atoms with Crippen molar-refractivity contribution in [2.45, 2.75) is 50.7 Å². The van der Waals surface area contributed by atoms with Crippen LogP contribution >= 0.6 is 0 Å². The van der Waals surface area contributed by atoms with Gasteiger partial charge in [0.2, 0.25) is 0 Å². The molecule has 1 aromatic rings. The molecule has 1 aliphatic rings. The molecule has 0 aromatic carbocycles. The average Bonchev–Trinajstić information content (AvgIpc) is 2.70. The van der Waals surface area contributed by atoms with Crippen molar-refractivity contribution in [3.63, 3.8) is 0 Å². The van der Waals surface area contributed by atoms with Gasteiger partial charge in [0, 0.05) is 39.0 Å². The van der Waals surface area contributed by atoms with Gasteiger partial charge in [-0.2, -0.15) is 0 Å². The standard InChI is InChI=1S/C14H25N3O/c1-4-15-12(10-13-16-8-9-17(13)2)11-14(18-3)6-5-7-14/h8-9,12,15H,4-7,10-11H2,1-3H3. The lowest BCUT2D eigenvalue weighted by molar-refractivity contribution is -0.0834. The summed E-state index contributed by atoms with van der Waals surface area (Å²) in [5, 5.41) is 3.57. The smallest absolute Gasteiger partial charge is 0.109 e. The first-order chi connectivity index (χ1) is 8.69. The molecule has 102 valence electrons. The summed E-state index contributed by atoms with van der Waals surface area (Å²) in [7, 11) is 3.91. The summed E-state index contributed by atoms with van der Waals surface area (Å²) in [4.78, 5) is 4.42. The Kier molecular flexibility index (Phi) is 4.40. The number of nitrogens with zero attached hydrogens (tertiary/aromatic N) is 2. The van der Waals surface area contributed by atoms with Crippen molar-refractivity contribution < 1.29 is 4.74 Å². The van der Waals surface area contributed by atoms with Crippen LogP contribution in [0.4, 0.5) is 0 Å². The van der Waals surface area contributed by atoms with Crippen molar-refractivity contribution >= 4 is 0 Å². The Morgan fingerprint density at radius 3 is 2.78 bits per heavy atom. The third-order valence-corrected chi connectivity index (χ3v) is 4.16. The molecule has 1 saturated carbocycles. The van der Waals surface area contributed by atoms with E-state index in [-0.39, 0.29) is 5.60 Å². The van der Waals surface area contributed by atoms with Gasteiger partial charge < -0.3 is 14.6 Å². The molecule has 18 heavy (non-hydrogen) atoms. The Labute approximate surface area is 110 Å². The molecule has 4 nitrogen and oxygen atoms in total. The highest BCUT2D eigenvalue weighted by atomic mass is 16.5. The minimum atomic E-state index is 0.123. The molecule has 1 aromatic heterocycles. The fourth-order valence-electron chi connectivity index (χ4n) is 2.83. The maximum atomic E-state index is 5.73. The third kappa shape index (κ3) is 2.93. The predicted octanol–water partition coefficient (Wildman–Crippen LogP) is 1.90. The van der Waals surface area contributed by atoms with E-state index in [1.165, 1.54) is 19.3 Å². The van der Waals surface area contributed by atoms with Crippen LogP contribution in [-0.4, -0.2) is 34.8 Å². The van der Waals surface area contributed by atoms with Gasteiger partial charge >= 0.3 is 0 Å². The average molecular weight is 251 g/mol. The van der Waals surface area contributed by atoms with Gasteiger partial charge in [-0.05, 0) is 32.2 Å². The summed E-state index contributed by atoms with van der Waals surface area (Å²) >= 11 is 0. The molecule has 4 heteroatoms. The molecule has 0 amide bonds. The van der Waals surface area contributed by atoms with Gasteiger partial charge in [-0.3, -0.25) is 0 Å². The number of methoxy groups -OCH3 is 1. The minimum absolute atomic E-state index is 0.123. The van der Waals surface area contributed by atoms with Crippen LogP contribution in [-0.2, 0) is 18.2 Å². The Morgan fingerprint density at radius 1 is 1.56 bits per heavy atom. The highest BCUT2D eigenvalue weighted by Gasteiger charge is 2.39. The quantitative estimate of drug-likeness (QED) is 0.804. The monoisotopic (exact) mass is 251 g/mol. The van der Waals surface area contributed by atoms with E-state index < -0.39 is 0 Å². The van der Waals surface area contributed by atoms with E-state index in [4.69, 9.17) is 4.74 Å². The van der Waals surface area contributed by atoms with E-state index in [0.717, 1.165) is 25.2 Å². The van der Waals surface area contributed by atoms with E-state index in [1.807, 2.05) is 19.5 Å². The third-order valence-electron chi connectivity index (χ3n) is 4.16. The fraction of sp³-hybridized carbons (Fsp3) is 0.786. The second-order valence-corrected chi connectivity index (χ2v) is 5.36. The molecular formula is C14H25N3O. The van der Waals surface area contributed by atoms with Crippen LogP contribution in [0.5, 0.6) is 0 Å². The predicted molar refractivity (Wildman–Crippen MR) is 72.6 cm³/mol. The first kappa shape index (κ1) is 13.6. The molecule has 2 rings (SSSR count). The Hall–Kier alpha value is -0.870. The van der Waals surface area contributed by atoms with Crippen molar-refractivity contribution in [2.24, 2.45) is 7.05 Å². The van der Waals surface area contributed by atoms with E-state index in [1.54, 1.807) is 0 Å². The van der Waals surface area contributed by atoms with E-state index in [0.29, 0.717) is 6.04 Å². The second kappa shape index (κ2) is 5.85. The summed E-state index contributed by atoms with van der Waals surface area (Å²) < 4.78 is 7.83. The Bertz CT molecular complexity index is 365. The molecule has 0 bridgehead atoms. The van der Waals surface area contributed by atoms with Gasteiger partial charge in [0.15, 0.2) is 0 Å². The fourth-order valence-corrected chi connectivity index (χ4v) is 2.83. The van der Waals surface area contributed by atoms with E-state index in [2.05, 4.69) is 28.8 Å². The van der Waals surface area contributed by atoms with Gasteiger partial charge in [-0.25, -0.2) is 4.98 Å². The van der Waals surface area contributed by atoms with Gasteiger partial charge in [-0.15, -0.1) is 0 Å². The molecule has 1 fully saturated rings. The molecule has 0 aliphatic heterocycles.